The van der Waals surface area contributed by atoms with Crippen LogP contribution in [-0.4, -0.2) is 299 Å². The molecule has 106 heavy (non-hydrogen) atoms. The average molecular weight is 1530 g/mol. The van der Waals surface area contributed by atoms with E-state index < -0.39 is 211 Å². The Morgan fingerprint density at radius 2 is 0.708 bits per heavy atom. The number of amides is 2. The lowest BCUT2D eigenvalue weighted by Crippen LogP contribution is -2.70. The lowest BCUT2D eigenvalue weighted by molar-refractivity contribution is -0.390. The summed E-state index contributed by atoms with van der Waals surface area (Å²) in [6.45, 7) is 0.312. The summed E-state index contributed by atoms with van der Waals surface area (Å²) in [5, 5.41) is 182. The van der Waals surface area contributed by atoms with Crippen molar-refractivity contribution in [1.82, 2.24) is 10.6 Å². The van der Waals surface area contributed by atoms with Gasteiger partial charge in [0.2, 0.25) is 11.8 Å². The molecule has 30 heteroatoms. The summed E-state index contributed by atoms with van der Waals surface area (Å²) < 4.78 is 58.6. The quantitative estimate of drug-likeness (QED) is 0.0307. The lowest BCUT2D eigenvalue weighted by atomic mass is 9.94. The molecular formula is C76H138N2O28. The SMILES string of the molecule is CCCCCCCC/C=C\CCCCCCCCCCCCCCCC(=O)N[C@@H](CO[C@@H]1OC(CO)[C@@H](O[C@@H]2OC(CO)[C@H](O)[C@H](O[C@H]3OC(CO)[C@H](O)[C@H](O[C@@H]4OC(CO)[C@H](O)[C@H](O[C@@H]5OC(CO)[C@H](O)[C@H](O)C5O)C4NC(C)=O)C3O)C2O)[C@H](O)C1O)[C@H](O)/C=C/CCCCCCCCCCCCC. The first kappa shape index (κ1) is 94.0. The van der Waals surface area contributed by atoms with Gasteiger partial charge in [0.15, 0.2) is 31.5 Å². The van der Waals surface area contributed by atoms with E-state index in [0.29, 0.717) is 12.8 Å². The van der Waals surface area contributed by atoms with E-state index in [0.717, 1.165) is 58.3 Å². The largest absolute Gasteiger partial charge is 0.394 e. The molecule has 30 nitrogen and oxygen atoms in total. The zero-order chi connectivity index (χ0) is 77.3. The molecule has 0 aromatic carbocycles. The molecule has 2 amide bonds. The van der Waals surface area contributed by atoms with Gasteiger partial charge in [-0.25, -0.2) is 0 Å². The van der Waals surface area contributed by atoms with Crippen molar-refractivity contribution in [2.75, 3.05) is 39.6 Å². The summed E-state index contributed by atoms with van der Waals surface area (Å²) in [6, 6.07) is -2.77. The predicted octanol–water partition coefficient (Wildman–Crippen LogP) is 2.50. The van der Waals surface area contributed by atoms with Crippen molar-refractivity contribution < 1.29 is 139 Å². The zero-order valence-electron chi connectivity index (χ0n) is 63.2. The number of carbonyl (C=O) groups is 2. The van der Waals surface area contributed by atoms with Crippen LogP contribution in [0.5, 0.6) is 0 Å². The highest BCUT2D eigenvalue weighted by Gasteiger charge is 2.57. The fraction of sp³-hybridized carbons (Fsp3) is 0.921. The summed E-state index contributed by atoms with van der Waals surface area (Å²) in [6.07, 6.45) is 0.363. The van der Waals surface area contributed by atoms with Gasteiger partial charge >= 0.3 is 0 Å². The van der Waals surface area contributed by atoms with Gasteiger partial charge in [-0.1, -0.05) is 205 Å². The van der Waals surface area contributed by atoms with Crippen molar-refractivity contribution in [1.29, 1.82) is 0 Å². The van der Waals surface area contributed by atoms with Crippen LogP contribution >= 0.6 is 0 Å². The number of rotatable bonds is 55. The number of aliphatic hydroxyl groups is 16. The minimum atomic E-state index is -2.23. The van der Waals surface area contributed by atoms with E-state index in [-0.39, 0.29) is 12.3 Å². The van der Waals surface area contributed by atoms with E-state index in [1.54, 1.807) is 6.08 Å². The fourth-order valence-corrected chi connectivity index (χ4v) is 14.3. The number of aliphatic hydroxyl groups excluding tert-OH is 16. The van der Waals surface area contributed by atoms with E-state index in [4.69, 9.17) is 47.4 Å². The van der Waals surface area contributed by atoms with Crippen LogP contribution in [0.3, 0.4) is 0 Å². The Morgan fingerprint density at radius 3 is 1.14 bits per heavy atom. The van der Waals surface area contributed by atoms with Crippen LogP contribution in [0.25, 0.3) is 0 Å². The molecule has 18 N–H and O–H groups in total. The molecule has 0 aromatic rings. The van der Waals surface area contributed by atoms with Gasteiger partial charge in [-0.2, -0.15) is 0 Å². The molecule has 0 aromatic heterocycles. The number of nitrogens with one attached hydrogen (secondary N) is 2. The third-order valence-corrected chi connectivity index (χ3v) is 20.9. The second-order valence-corrected chi connectivity index (χ2v) is 29.6. The van der Waals surface area contributed by atoms with Gasteiger partial charge in [0.1, 0.15) is 122 Å². The Morgan fingerprint density at radius 1 is 0.368 bits per heavy atom. The van der Waals surface area contributed by atoms with Crippen molar-refractivity contribution in [3.63, 3.8) is 0 Å². The Bertz CT molecular complexity index is 2340. The van der Waals surface area contributed by atoms with E-state index in [1.165, 1.54) is 148 Å². The monoisotopic (exact) mass is 1530 g/mol. The molecule has 0 saturated carbocycles. The first-order chi connectivity index (χ1) is 51.2. The maximum Gasteiger partial charge on any atom is 0.220 e. The van der Waals surface area contributed by atoms with Crippen LogP contribution in [0.2, 0.25) is 0 Å². The Labute approximate surface area is 627 Å². The van der Waals surface area contributed by atoms with Crippen LogP contribution < -0.4 is 10.6 Å². The van der Waals surface area contributed by atoms with Gasteiger partial charge in [-0.15, -0.1) is 0 Å². The van der Waals surface area contributed by atoms with Gasteiger partial charge < -0.3 is 140 Å². The molecule has 5 fully saturated rings. The van der Waals surface area contributed by atoms with Gasteiger partial charge in [-0.05, 0) is 44.9 Å². The molecule has 620 valence electrons. The fourth-order valence-electron chi connectivity index (χ4n) is 14.3. The molecule has 0 bridgehead atoms. The Kier molecular flexibility index (Phi) is 47.3. The van der Waals surface area contributed by atoms with Gasteiger partial charge in [0.05, 0.1) is 51.8 Å². The molecule has 0 aliphatic carbocycles. The molecule has 5 rings (SSSR count). The molecule has 0 spiro atoms. The number of hydrogen-bond acceptors (Lipinski definition) is 28. The number of unbranched alkanes of at least 4 members (excludes halogenated alkanes) is 30. The Balaban J connectivity index is 1.16. The lowest BCUT2D eigenvalue weighted by Gasteiger charge is -2.50. The number of hydrogen-bond donors (Lipinski definition) is 18. The maximum absolute atomic E-state index is 13.5. The summed E-state index contributed by atoms with van der Waals surface area (Å²) >= 11 is 0. The smallest absolute Gasteiger partial charge is 0.220 e. The first-order valence-electron chi connectivity index (χ1n) is 40.1. The number of allylic oxidation sites excluding steroid dienone is 3. The van der Waals surface area contributed by atoms with Crippen molar-refractivity contribution in [3.8, 4) is 0 Å². The van der Waals surface area contributed by atoms with Crippen LogP contribution in [0.1, 0.15) is 239 Å². The normalized spacial score (nSPS) is 34.4. The molecule has 5 aliphatic rings. The standard InChI is InChI=1S/C76H138N2O28/c1-4-6-8-10-12-14-16-18-19-20-21-22-23-24-25-26-27-29-31-33-35-37-39-41-56(86)78-49(50(85)40-38-36-34-32-30-28-17-15-13-11-9-7-5-2)47-97-73-65(94)63(92)68(55(46-83)102-73)103-75-67(96)71(61(90)54(45-82)100-75)106-76-66(95)70(60(89)53(44-81)101-76)105-72-57(77-48(3)84)69(59(88)52(43-80)98-72)104-74-64(93)62(91)58(87)51(42-79)99-74/h18-19,38,40,49-55,57-76,79-83,85,87-96H,4-17,20-37,39,41-47H2,1-3H3,(H,77,84)(H,78,86)/b19-18-,40-38+/t49-,50+,51?,52?,53?,54?,55?,57?,58-,59-,60-,61-,62-,63+,64?,65?,66?,67?,68+,69+,70-,71-,72-,73+,74-,75-,76+/m0/s1. The molecule has 10 unspecified atom stereocenters. The third-order valence-electron chi connectivity index (χ3n) is 20.9. The third kappa shape index (κ3) is 31.4. The average Bonchev–Trinajstić information content (AvgIpc) is 0.774. The summed E-state index contributed by atoms with van der Waals surface area (Å²) in [7, 11) is 0. The van der Waals surface area contributed by atoms with E-state index in [9.17, 15) is 91.3 Å². The summed E-state index contributed by atoms with van der Waals surface area (Å²) in [4.78, 5) is 26.3. The van der Waals surface area contributed by atoms with Crippen molar-refractivity contribution in [2.24, 2.45) is 0 Å². The second kappa shape index (κ2) is 53.4. The highest BCUT2D eigenvalue weighted by atomic mass is 16.8. The molecule has 27 atom stereocenters. The van der Waals surface area contributed by atoms with Crippen LogP contribution in [0.15, 0.2) is 24.3 Å². The van der Waals surface area contributed by atoms with Crippen molar-refractivity contribution >= 4 is 11.8 Å². The molecular weight excluding hydrogens is 1390 g/mol. The first-order valence-corrected chi connectivity index (χ1v) is 40.1. The van der Waals surface area contributed by atoms with Gasteiger partial charge in [0.25, 0.3) is 0 Å². The van der Waals surface area contributed by atoms with Crippen molar-refractivity contribution in [2.45, 2.75) is 405 Å². The molecule has 5 aliphatic heterocycles. The minimum absolute atomic E-state index is 0.188. The summed E-state index contributed by atoms with van der Waals surface area (Å²) in [5.74, 6) is -1.15. The van der Waals surface area contributed by atoms with E-state index in [2.05, 4.69) is 36.6 Å². The van der Waals surface area contributed by atoms with Crippen molar-refractivity contribution in [3.05, 3.63) is 24.3 Å². The molecule has 5 saturated heterocycles. The maximum atomic E-state index is 13.5. The van der Waals surface area contributed by atoms with Crippen LogP contribution in [-0.2, 0) is 57.0 Å². The molecule has 0 radical (unpaired) electrons. The molecule has 5 heterocycles. The number of carbonyl (C=O) groups excluding carboxylic acids is 2. The Hall–Kier alpha value is -2.62. The van der Waals surface area contributed by atoms with Crippen LogP contribution in [0.4, 0.5) is 0 Å². The van der Waals surface area contributed by atoms with E-state index in [1.807, 2.05) is 6.08 Å². The highest BCUT2D eigenvalue weighted by molar-refractivity contribution is 5.76. The predicted molar refractivity (Wildman–Crippen MR) is 386 cm³/mol. The van der Waals surface area contributed by atoms with E-state index >= 15 is 0 Å². The highest BCUT2D eigenvalue weighted by Crippen LogP contribution is 2.37. The zero-order valence-corrected chi connectivity index (χ0v) is 63.2. The minimum Gasteiger partial charge on any atom is -0.394 e. The van der Waals surface area contributed by atoms with Gasteiger partial charge in [0, 0.05) is 13.3 Å². The number of ether oxygens (including phenoxy) is 10. The second-order valence-electron chi connectivity index (χ2n) is 29.6. The van der Waals surface area contributed by atoms with Gasteiger partial charge in [-0.3, -0.25) is 9.59 Å². The summed E-state index contributed by atoms with van der Waals surface area (Å²) in [5.41, 5.74) is 0. The topological polar surface area (TPSA) is 474 Å². The van der Waals surface area contributed by atoms with Crippen LogP contribution in [0, 0.1) is 0 Å².